The minimum absolute atomic E-state index is 0.102. The van der Waals surface area contributed by atoms with Gasteiger partial charge in [-0.1, -0.05) is 19.9 Å². The minimum Gasteiger partial charge on any atom is -0.481 e. The van der Waals surface area contributed by atoms with E-state index in [4.69, 9.17) is 14.3 Å². The van der Waals surface area contributed by atoms with Gasteiger partial charge < -0.3 is 19.6 Å². The van der Waals surface area contributed by atoms with Gasteiger partial charge in [-0.3, -0.25) is 4.79 Å². The Bertz CT molecular complexity index is 763. The third-order valence-corrected chi connectivity index (χ3v) is 3.85. The standard InChI is InChI=1S/C19H23NO5/c1-11(2)16-7-5-14(9-12(16)3)24-13(4)18(21)20-10-15-6-8-17(25-15)19(22)23/h5-9,11,13H,10H2,1-4H3,(H,20,21)(H,22,23). The van der Waals surface area contributed by atoms with Crippen LogP contribution in [0.2, 0.25) is 0 Å². The van der Waals surface area contributed by atoms with Gasteiger partial charge in [0.1, 0.15) is 11.5 Å². The maximum Gasteiger partial charge on any atom is 0.371 e. The fourth-order valence-electron chi connectivity index (χ4n) is 2.53. The number of carbonyl (C=O) groups excluding carboxylic acids is 1. The second-order valence-corrected chi connectivity index (χ2v) is 6.22. The lowest BCUT2D eigenvalue weighted by Gasteiger charge is -2.16. The number of aromatic carboxylic acids is 1. The fraction of sp³-hybridized carbons (Fsp3) is 0.368. The van der Waals surface area contributed by atoms with Crippen molar-refractivity contribution >= 4 is 11.9 Å². The smallest absolute Gasteiger partial charge is 0.371 e. The molecule has 1 atom stereocenters. The van der Waals surface area contributed by atoms with Gasteiger partial charge in [-0.2, -0.15) is 0 Å². The number of hydrogen-bond acceptors (Lipinski definition) is 4. The molecule has 1 unspecified atom stereocenters. The van der Waals surface area contributed by atoms with Gasteiger partial charge in [0.25, 0.3) is 5.91 Å². The van der Waals surface area contributed by atoms with Gasteiger partial charge in [-0.05, 0) is 55.2 Å². The van der Waals surface area contributed by atoms with Crippen LogP contribution in [0, 0.1) is 6.92 Å². The molecule has 0 spiro atoms. The maximum absolute atomic E-state index is 12.1. The largest absolute Gasteiger partial charge is 0.481 e. The van der Waals surface area contributed by atoms with Crippen LogP contribution in [-0.4, -0.2) is 23.1 Å². The minimum atomic E-state index is -1.14. The van der Waals surface area contributed by atoms with Crippen molar-refractivity contribution in [1.82, 2.24) is 5.32 Å². The highest BCUT2D eigenvalue weighted by Gasteiger charge is 2.16. The van der Waals surface area contributed by atoms with Gasteiger partial charge in [0, 0.05) is 0 Å². The summed E-state index contributed by atoms with van der Waals surface area (Å²) < 4.78 is 10.8. The molecule has 0 aliphatic carbocycles. The molecule has 0 aliphatic rings. The number of benzene rings is 1. The Labute approximate surface area is 146 Å². The quantitative estimate of drug-likeness (QED) is 0.802. The van der Waals surface area contributed by atoms with Gasteiger partial charge in [-0.15, -0.1) is 0 Å². The van der Waals surface area contributed by atoms with Crippen molar-refractivity contribution in [1.29, 1.82) is 0 Å². The molecule has 6 nitrogen and oxygen atoms in total. The number of carboxylic acid groups (broad SMARTS) is 1. The molecule has 25 heavy (non-hydrogen) atoms. The Hall–Kier alpha value is -2.76. The van der Waals surface area contributed by atoms with Crippen molar-refractivity contribution in [2.45, 2.75) is 46.3 Å². The summed E-state index contributed by atoms with van der Waals surface area (Å²) in [5.74, 6) is -0.174. The first-order chi connectivity index (χ1) is 11.8. The number of carboxylic acids is 1. The number of hydrogen-bond donors (Lipinski definition) is 2. The summed E-state index contributed by atoms with van der Waals surface area (Å²) in [6.45, 7) is 8.04. The molecule has 134 valence electrons. The molecule has 6 heteroatoms. The Morgan fingerprint density at radius 3 is 2.48 bits per heavy atom. The molecule has 0 aliphatic heterocycles. The van der Waals surface area contributed by atoms with Crippen LogP contribution in [0.3, 0.4) is 0 Å². The van der Waals surface area contributed by atoms with Gasteiger partial charge in [0.15, 0.2) is 6.10 Å². The maximum atomic E-state index is 12.1. The first-order valence-electron chi connectivity index (χ1n) is 8.15. The molecule has 1 amide bonds. The summed E-state index contributed by atoms with van der Waals surface area (Å²) in [7, 11) is 0. The van der Waals surface area contributed by atoms with Crippen molar-refractivity contribution < 1.29 is 23.8 Å². The number of aryl methyl sites for hydroxylation is 1. The van der Waals surface area contributed by atoms with Crippen molar-refractivity contribution in [3.05, 3.63) is 53.0 Å². The molecule has 0 saturated carbocycles. The van der Waals surface area contributed by atoms with Crippen LogP contribution in [-0.2, 0) is 11.3 Å². The molecule has 1 heterocycles. The molecule has 0 fully saturated rings. The molecule has 2 aromatic rings. The number of rotatable bonds is 7. The molecule has 0 radical (unpaired) electrons. The Morgan fingerprint density at radius 1 is 1.20 bits per heavy atom. The highest BCUT2D eigenvalue weighted by Crippen LogP contribution is 2.24. The third kappa shape index (κ3) is 4.86. The number of nitrogens with one attached hydrogen (secondary N) is 1. The molecular formula is C19H23NO5. The van der Waals surface area contributed by atoms with Crippen LogP contribution in [0.1, 0.15) is 54.1 Å². The van der Waals surface area contributed by atoms with Crippen LogP contribution >= 0.6 is 0 Å². The van der Waals surface area contributed by atoms with Crippen LogP contribution in [0.5, 0.6) is 5.75 Å². The molecule has 0 saturated heterocycles. The van der Waals surface area contributed by atoms with Crippen LogP contribution < -0.4 is 10.1 Å². The van der Waals surface area contributed by atoms with E-state index in [1.807, 2.05) is 25.1 Å². The van der Waals surface area contributed by atoms with E-state index in [0.29, 0.717) is 17.4 Å². The molecule has 1 aromatic heterocycles. The molecular weight excluding hydrogens is 322 g/mol. The van der Waals surface area contributed by atoms with Gasteiger partial charge in [0.05, 0.1) is 6.54 Å². The van der Waals surface area contributed by atoms with Crippen LogP contribution in [0.25, 0.3) is 0 Å². The van der Waals surface area contributed by atoms with E-state index >= 15 is 0 Å². The van der Waals surface area contributed by atoms with Crippen LogP contribution in [0.4, 0.5) is 0 Å². The summed E-state index contributed by atoms with van der Waals surface area (Å²) in [4.78, 5) is 22.9. The first kappa shape index (κ1) is 18.6. The predicted octanol–water partition coefficient (Wildman–Crippen LogP) is 3.49. The second-order valence-electron chi connectivity index (χ2n) is 6.22. The van der Waals surface area contributed by atoms with Crippen molar-refractivity contribution in [2.75, 3.05) is 0 Å². The topological polar surface area (TPSA) is 88.8 Å². The average Bonchev–Trinajstić information content (AvgIpc) is 3.01. The number of ether oxygens (including phenoxy) is 1. The van der Waals surface area contributed by atoms with Gasteiger partial charge >= 0.3 is 5.97 Å². The lowest BCUT2D eigenvalue weighted by atomic mass is 9.98. The third-order valence-electron chi connectivity index (χ3n) is 3.85. The lowest BCUT2D eigenvalue weighted by molar-refractivity contribution is -0.127. The monoisotopic (exact) mass is 345 g/mol. The van der Waals surface area contributed by atoms with E-state index in [1.54, 1.807) is 6.92 Å². The molecule has 2 N–H and O–H groups in total. The Balaban J connectivity index is 1.91. The zero-order valence-electron chi connectivity index (χ0n) is 14.8. The summed E-state index contributed by atoms with van der Waals surface area (Å²) in [6, 6.07) is 8.66. The van der Waals surface area contributed by atoms with Crippen molar-refractivity contribution in [3.8, 4) is 5.75 Å². The van der Waals surface area contributed by atoms with E-state index < -0.39 is 12.1 Å². The lowest BCUT2D eigenvalue weighted by Crippen LogP contribution is -2.35. The highest BCUT2D eigenvalue weighted by atomic mass is 16.5. The summed E-state index contributed by atoms with van der Waals surface area (Å²) in [5.41, 5.74) is 2.37. The summed E-state index contributed by atoms with van der Waals surface area (Å²) >= 11 is 0. The van der Waals surface area contributed by atoms with E-state index in [9.17, 15) is 9.59 Å². The normalized spacial score (nSPS) is 12.0. The van der Waals surface area contributed by atoms with Gasteiger partial charge in [0.2, 0.25) is 5.76 Å². The average molecular weight is 345 g/mol. The van der Waals surface area contributed by atoms with E-state index in [-0.39, 0.29) is 18.2 Å². The molecule has 1 aromatic carbocycles. The zero-order chi connectivity index (χ0) is 18.6. The SMILES string of the molecule is Cc1cc(OC(C)C(=O)NCc2ccc(C(=O)O)o2)ccc1C(C)C. The number of carbonyl (C=O) groups is 2. The predicted molar refractivity (Wildman–Crippen MR) is 92.9 cm³/mol. The van der Waals surface area contributed by atoms with Gasteiger partial charge in [-0.25, -0.2) is 4.79 Å². The van der Waals surface area contributed by atoms with Crippen LogP contribution in [0.15, 0.2) is 34.7 Å². The van der Waals surface area contributed by atoms with Crippen molar-refractivity contribution in [2.24, 2.45) is 0 Å². The zero-order valence-corrected chi connectivity index (χ0v) is 14.8. The summed E-state index contributed by atoms with van der Waals surface area (Å²) in [5, 5.41) is 11.5. The second kappa shape index (κ2) is 7.88. The highest BCUT2D eigenvalue weighted by molar-refractivity contribution is 5.84. The molecule has 2 rings (SSSR count). The molecule has 0 bridgehead atoms. The Kier molecular flexibility index (Phi) is 5.85. The van der Waals surface area contributed by atoms with E-state index in [2.05, 4.69) is 19.2 Å². The first-order valence-corrected chi connectivity index (χ1v) is 8.15. The number of amides is 1. The number of furan rings is 1. The fourth-order valence-corrected chi connectivity index (χ4v) is 2.53. The van der Waals surface area contributed by atoms with Crippen molar-refractivity contribution in [3.63, 3.8) is 0 Å². The van der Waals surface area contributed by atoms with E-state index in [1.165, 1.54) is 17.7 Å². The van der Waals surface area contributed by atoms with E-state index in [0.717, 1.165) is 5.56 Å². The Morgan fingerprint density at radius 2 is 1.92 bits per heavy atom. The summed E-state index contributed by atoms with van der Waals surface area (Å²) in [6.07, 6.45) is -0.682.